The van der Waals surface area contributed by atoms with Gasteiger partial charge in [0.15, 0.2) is 6.23 Å². The average molecular weight is 358 g/mol. The molecule has 25 heavy (non-hydrogen) atoms. The molecule has 4 unspecified atom stereocenters. The van der Waals surface area contributed by atoms with Gasteiger partial charge in [0.05, 0.1) is 6.10 Å². The Balaban J connectivity index is 1.66. The predicted molar refractivity (Wildman–Crippen MR) is 85.6 cm³/mol. The summed E-state index contributed by atoms with van der Waals surface area (Å²) in [6.45, 7) is 2.78. The smallest absolute Gasteiger partial charge is 0.432 e. The fourth-order valence-electron chi connectivity index (χ4n) is 2.63. The van der Waals surface area contributed by atoms with Gasteiger partial charge in [-0.15, -0.1) is 5.06 Å². The molecule has 142 valence electrons. The van der Waals surface area contributed by atoms with Gasteiger partial charge in [-0.05, 0) is 25.8 Å². The summed E-state index contributed by atoms with van der Waals surface area (Å²) < 4.78 is 10.4. The van der Waals surface area contributed by atoms with Crippen LogP contribution in [0.1, 0.15) is 39.0 Å². The van der Waals surface area contributed by atoms with Gasteiger partial charge in [-0.3, -0.25) is 10.1 Å². The van der Waals surface area contributed by atoms with Crippen molar-refractivity contribution < 1.29 is 34.1 Å². The first-order chi connectivity index (χ1) is 12.0. The molecule has 1 heterocycles. The van der Waals surface area contributed by atoms with E-state index in [0.29, 0.717) is 18.0 Å². The molecule has 0 aromatic heterocycles. The number of aliphatic hydroxyl groups excluding tert-OH is 2. The fraction of sp³-hybridized carbons (Fsp3) is 0.750. The van der Waals surface area contributed by atoms with E-state index < -0.39 is 24.7 Å². The first-order valence-corrected chi connectivity index (χ1v) is 8.59. The van der Waals surface area contributed by atoms with Crippen molar-refractivity contribution in [1.82, 2.24) is 10.4 Å². The fourth-order valence-corrected chi connectivity index (χ4v) is 2.63. The minimum Gasteiger partial charge on any atom is -0.432 e. The molecule has 4 atom stereocenters. The van der Waals surface area contributed by atoms with Crippen molar-refractivity contribution in [2.75, 3.05) is 13.2 Å². The Morgan fingerprint density at radius 1 is 1.40 bits per heavy atom. The van der Waals surface area contributed by atoms with Crippen molar-refractivity contribution in [2.24, 2.45) is 5.92 Å². The van der Waals surface area contributed by atoms with Crippen LogP contribution in [0.25, 0.3) is 0 Å². The Bertz CT molecular complexity index is 485. The van der Waals surface area contributed by atoms with Crippen molar-refractivity contribution in [3.05, 3.63) is 12.2 Å². The van der Waals surface area contributed by atoms with Crippen molar-refractivity contribution in [3.8, 4) is 0 Å². The highest BCUT2D eigenvalue weighted by Crippen LogP contribution is 2.21. The zero-order valence-electron chi connectivity index (χ0n) is 14.3. The Morgan fingerprint density at radius 3 is 2.80 bits per heavy atom. The molecule has 9 heteroatoms. The molecule has 0 saturated carbocycles. The molecular formula is C16H26N2O7. The predicted octanol–water partition coefficient (Wildman–Crippen LogP) is 0.622. The molecule has 0 bridgehead atoms. The standard InChI is InChI=1S/C16H26N2O7/c1-2-9-17-15(21)24-12-5-3-11(4-6-12)10-23-16(22)25-18-13(19)7-8-14(18)20/h3,5,11-13,15,17,19,21H,2,4,6-10H2,1H3. The van der Waals surface area contributed by atoms with E-state index >= 15 is 0 Å². The van der Waals surface area contributed by atoms with E-state index in [-0.39, 0.29) is 31.5 Å². The lowest BCUT2D eigenvalue weighted by Gasteiger charge is -2.25. The monoisotopic (exact) mass is 358 g/mol. The van der Waals surface area contributed by atoms with E-state index in [0.717, 1.165) is 12.8 Å². The topological polar surface area (TPSA) is 118 Å². The maximum Gasteiger partial charge on any atom is 0.533 e. The van der Waals surface area contributed by atoms with Crippen molar-refractivity contribution in [1.29, 1.82) is 0 Å². The molecule has 1 amide bonds. The molecule has 2 aliphatic rings. The zero-order chi connectivity index (χ0) is 18.2. The van der Waals surface area contributed by atoms with Gasteiger partial charge in [0, 0.05) is 18.8 Å². The molecular weight excluding hydrogens is 332 g/mol. The Morgan fingerprint density at radius 2 is 2.20 bits per heavy atom. The van der Waals surface area contributed by atoms with Gasteiger partial charge in [-0.25, -0.2) is 4.79 Å². The van der Waals surface area contributed by atoms with Crippen molar-refractivity contribution >= 4 is 12.1 Å². The number of carbonyl (C=O) groups excluding carboxylic acids is 2. The molecule has 0 aromatic rings. The molecule has 0 radical (unpaired) electrons. The molecule has 0 spiro atoms. The number of hydrogen-bond donors (Lipinski definition) is 3. The van der Waals surface area contributed by atoms with E-state index in [4.69, 9.17) is 14.3 Å². The van der Waals surface area contributed by atoms with Gasteiger partial charge in [0.2, 0.25) is 6.41 Å². The minimum absolute atomic E-state index is 0.00680. The summed E-state index contributed by atoms with van der Waals surface area (Å²) in [6.07, 6.45) is 3.06. The van der Waals surface area contributed by atoms with Gasteiger partial charge in [0.1, 0.15) is 6.61 Å². The molecule has 1 fully saturated rings. The second kappa shape index (κ2) is 9.71. The highest BCUT2D eigenvalue weighted by atomic mass is 16.8. The highest BCUT2D eigenvalue weighted by Gasteiger charge is 2.33. The number of aliphatic hydroxyl groups is 2. The Hall–Kier alpha value is -1.68. The third-order valence-electron chi connectivity index (χ3n) is 4.01. The molecule has 2 rings (SSSR count). The van der Waals surface area contributed by atoms with Crippen LogP contribution in [-0.2, 0) is 19.1 Å². The van der Waals surface area contributed by atoms with Crippen LogP contribution in [0.2, 0.25) is 0 Å². The van der Waals surface area contributed by atoms with Gasteiger partial charge in [-0.1, -0.05) is 19.1 Å². The molecule has 0 aromatic carbocycles. The van der Waals surface area contributed by atoms with Gasteiger partial charge in [0.25, 0.3) is 5.91 Å². The van der Waals surface area contributed by atoms with E-state index in [9.17, 15) is 19.8 Å². The third kappa shape index (κ3) is 6.28. The largest absolute Gasteiger partial charge is 0.533 e. The maximum absolute atomic E-state index is 11.6. The zero-order valence-corrected chi connectivity index (χ0v) is 14.3. The van der Waals surface area contributed by atoms with E-state index in [1.165, 1.54) is 0 Å². The Kier molecular flexibility index (Phi) is 7.63. The SMILES string of the molecule is CCCNC(O)OC1C=CC(COC(=O)ON2C(=O)CCC2O)CC1. The number of hydroxylamine groups is 2. The summed E-state index contributed by atoms with van der Waals surface area (Å²) >= 11 is 0. The van der Waals surface area contributed by atoms with Crippen LogP contribution in [0.4, 0.5) is 4.79 Å². The minimum atomic E-state index is -1.11. The number of ether oxygens (including phenoxy) is 2. The van der Waals surface area contributed by atoms with Crippen LogP contribution in [0, 0.1) is 5.92 Å². The second-order valence-corrected chi connectivity index (χ2v) is 6.09. The number of nitrogens with zero attached hydrogens (tertiary/aromatic N) is 1. The second-order valence-electron chi connectivity index (χ2n) is 6.09. The Labute approximate surface area is 146 Å². The number of hydrogen-bond acceptors (Lipinski definition) is 8. The van der Waals surface area contributed by atoms with Crippen LogP contribution in [0.5, 0.6) is 0 Å². The van der Waals surface area contributed by atoms with E-state index in [1.54, 1.807) is 0 Å². The molecule has 1 aliphatic carbocycles. The van der Waals surface area contributed by atoms with Crippen molar-refractivity contribution in [2.45, 2.75) is 57.8 Å². The number of rotatable bonds is 8. The van der Waals surface area contributed by atoms with Crippen LogP contribution in [0.15, 0.2) is 12.2 Å². The summed E-state index contributed by atoms with van der Waals surface area (Å²) in [7, 11) is 0. The quantitative estimate of drug-likeness (QED) is 0.328. The lowest BCUT2D eigenvalue weighted by molar-refractivity contribution is -0.199. The average Bonchev–Trinajstić information content (AvgIpc) is 2.91. The lowest BCUT2D eigenvalue weighted by Crippen LogP contribution is -2.36. The summed E-state index contributed by atoms with van der Waals surface area (Å²) in [6, 6.07) is 0. The van der Waals surface area contributed by atoms with Crippen LogP contribution >= 0.6 is 0 Å². The molecule has 9 nitrogen and oxygen atoms in total. The van der Waals surface area contributed by atoms with E-state index in [1.807, 2.05) is 19.1 Å². The molecule has 3 N–H and O–H groups in total. The van der Waals surface area contributed by atoms with E-state index in [2.05, 4.69) is 5.32 Å². The van der Waals surface area contributed by atoms with Gasteiger partial charge >= 0.3 is 6.16 Å². The highest BCUT2D eigenvalue weighted by molar-refractivity contribution is 5.78. The number of nitrogens with one attached hydrogen (secondary N) is 1. The number of carbonyl (C=O) groups is 2. The third-order valence-corrected chi connectivity index (χ3v) is 4.01. The normalized spacial score (nSPS) is 27.4. The summed E-state index contributed by atoms with van der Waals surface area (Å²) in [5.41, 5.74) is 0. The molecule has 1 saturated heterocycles. The van der Waals surface area contributed by atoms with Crippen LogP contribution in [-0.4, -0.2) is 59.2 Å². The first-order valence-electron chi connectivity index (χ1n) is 8.59. The summed E-state index contributed by atoms with van der Waals surface area (Å²) in [4.78, 5) is 27.7. The maximum atomic E-state index is 11.6. The summed E-state index contributed by atoms with van der Waals surface area (Å²) in [5.74, 6) is -0.440. The van der Waals surface area contributed by atoms with Crippen LogP contribution < -0.4 is 5.32 Å². The first kappa shape index (κ1) is 19.6. The number of amides is 1. The van der Waals surface area contributed by atoms with Crippen LogP contribution in [0.3, 0.4) is 0 Å². The molecule has 1 aliphatic heterocycles. The van der Waals surface area contributed by atoms with Gasteiger partial charge in [-0.2, -0.15) is 0 Å². The lowest BCUT2D eigenvalue weighted by atomic mass is 9.95. The summed E-state index contributed by atoms with van der Waals surface area (Å²) in [5, 5.41) is 22.6. The van der Waals surface area contributed by atoms with Gasteiger partial charge < -0.3 is 24.5 Å². The van der Waals surface area contributed by atoms with Crippen molar-refractivity contribution in [3.63, 3.8) is 0 Å².